The molecule has 0 amide bonds. The molecule has 0 saturated carbocycles. The van der Waals surface area contributed by atoms with Gasteiger partial charge in [0, 0.05) is 27.7 Å². The second-order valence-electron chi connectivity index (χ2n) is 7.42. The van der Waals surface area contributed by atoms with E-state index < -0.39 is 0 Å². The number of aromatic nitrogens is 3. The molecule has 31 heavy (non-hydrogen) atoms. The van der Waals surface area contributed by atoms with Crippen molar-refractivity contribution in [3.8, 4) is 23.2 Å². The zero-order valence-electron chi connectivity index (χ0n) is 16.8. The molecule has 2 aromatic carbocycles. The second-order valence-corrected chi connectivity index (χ2v) is 7.42. The summed E-state index contributed by atoms with van der Waals surface area (Å²) >= 11 is 0. The van der Waals surface area contributed by atoms with Crippen LogP contribution in [-0.4, -0.2) is 15.0 Å². The molecule has 0 aliphatic heterocycles. The lowest BCUT2D eigenvalue weighted by Gasteiger charge is -2.05. The summed E-state index contributed by atoms with van der Waals surface area (Å²) in [5, 5.41) is 12.0. The Morgan fingerprint density at radius 3 is 2.52 bits per heavy atom. The van der Waals surface area contributed by atoms with E-state index in [1.165, 1.54) is 0 Å². The van der Waals surface area contributed by atoms with Crippen LogP contribution < -0.4 is 15.4 Å². The predicted octanol–water partition coefficient (Wildman–Crippen LogP) is 4.18. The van der Waals surface area contributed by atoms with Crippen LogP contribution in [0.25, 0.3) is 34.9 Å². The van der Waals surface area contributed by atoms with Crippen LogP contribution in [0.15, 0.2) is 72.8 Å². The highest BCUT2D eigenvalue weighted by Gasteiger charge is 2.12. The zero-order valence-corrected chi connectivity index (χ0v) is 16.8. The molecular formula is C26H20N4O. The van der Waals surface area contributed by atoms with Crippen LogP contribution in [0, 0.1) is 11.3 Å². The second kappa shape index (κ2) is 7.77. The van der Waals surface area contributed by atoms with Gasteiger partial charge in [0.05, 0.1) is 28.7 Å². The normalized spacial score (nSPS) is 11.6. The van der Waals surface area contributed by atoms with Crippen molar-refractivity contribution in [2.24, 2.45) is 0 Å². The number of nitrogens with zero attached hydrogens (tertiary/aromatic N) is 1. The molecule has 150 valence electrons. The Morgan fingerprint density at radius 2 is 1.74 bits per heavy atom. The van der Waals surface area contributed by atoms with E-state index in [-0.39, 0.29) is 0 Å². The minimum absolute atomic E-state index is 0.475. The minimum atomic E-state index is 0.475. The third-order valence-electron chi connectivity index (χ3n) is 5.16. The summed E-state index contributed by atoms with van der Waals surface area (Å²) in [6.45, 7) is 4.40. The van der Waals surface area contributed by atoms with Crippen molar-refractivity contribution in [1.82, 2.24) is 15.0 Å². The van der Waals surface area contributed by atoms with Gasteiger partial charge in [0.15, 0.2) is 0 Å². The number of fused-ring (bicyclic) bond motifs is 1. The number of nitriles is 1. The highest BCUT2D eigenvalue weighted by molar-refractivity contribution is 5.86. The van der Waals surface area contributed by atoms with E-state index in [1.807, 2.05) is 78.9 Å². The zero-order chi connectivity index (χ0) is 21.2. The number of aromatic amines is 3. The molecule has 0 bridgehead atoms. The highest BCUT2D eigenvalue weighted by atomic mass is 16.5. The first kappa shape index (κ1) is 18.6. The Morgan fingerprint density at radius 1 is 0.903 bits per heavy atom. The van der Waals surface area contributed by atoms with Crippen molar-refractivity contribution in [2.45, 2.75) is 6.61 Å². The molecular weight excluding hydrogens is 384 g/mol. The van der Waals surface area contributed by atoms with Gasteiger partial charge in [-0.1, -0.05) is 36.9 Å². The lowest BCUT2D eigenvalue weighted by atomic mass is 10.2. The molecule has 3 N–H and O–H groups in total. The van der Waals surface area contributed by atoms with Gasteiger partial charge >= 0.3 is 0 Å². The Labute approximate surface area is 178 Å². The monoisotopic (exact) mass is 404 g/mol. The standard InChI is InChI=1S/C26H20N4O/c1-17-7-9-21(28-17)13-25-26(31-16-18-5-3-2-4-6-18)14-24(30-25)23-12-20-11-19(15-27)8-10-22(20)29-23/h2-14,28-30H,1,16H2. The maximum atomic E-state index is 9.16. The topological polar surface area (TPSA) is 80.4 Å². The summed E-state index contributed by atoms with van der Waals surface area (Å²) in [4.78, 5) is 10.1. The lowest BCUT2D eigenvalue weighted by Crippen LogP contribution is -2.07. The summed E-state index contributed by atoms with van der Waals surface area (Å²) in [7, 11) is 0. The molecule has 5 nitrogen and oxygen atoms in total. The van der Waals surface area contributed by atoms with Crippen molar-refractivity contribution < 1.29 is 4.74 Å². The van der Waals surface area contributed by atoms with Gasteiger partial charge in [-0.05, 0) is 48.0 Å². The first-order valence-electron chi connectivity index (χ1n) is 9.96. The lowest BCUT2D eigenvalue weighted by molar-refractivity contribution is 0.306. The molecule has 0 fully saturated rings. The fourth-order valence-electron chi connectivity index (χ4n) is 3.60. The van der Waals surface area contributed by atoms with Gasteiger partial charge in [0.25, 0.3) is 0 Å². The van der Waals surface area contributed by atoms with Crippen LogP contribution >= 0.6 is 0 Å². The Balaban J connectivity index is 1.55. The van der Waals surface area contributed by atoms with Crippen LogP contribution in [0.4, 0.5) is 0 Å². The average Bonchev–Trinajstić information content (AvgIpc) is 3.51. The quantitative estimate of drug-likeness (QED) is 0.411. The molecule has 0 unspecified atom stereocenters. The van der Waals surface area contributed by atoms with Crippen LogP contribution in [0.1, 0.15) is 16.8 Å². The molecule has 0 spiro atoms. The Bertz CT molecular complexity index is 1510. The van der Waals surface area contributed by atoms with Crippen molar-refractivity contribution in [2.75, 3.05) is 0 Å². The maximum Gasteiger partial charge on any atom is 0.145 e. The third-order valence-corrected chi connectivity index (χ3v) is 5.16. The fraction of sp³-hybridized carbons (Fsp3) is 0.0385. The van der Waals surface area contributed by atoms with E-state index in [1.54, 1.807) is 0 Å². The number of nitrogens with one attached hydrogen (secondary N) is 3. The fourth-order valence-corrected chi connectivity index (χ4v) is 3.60. The number of ether oxygens (including phenoxy) is 1. The smallest absolute Gasteiger partial charge is 0.145 e. The molecule has 5 aromatic rings. The van der Waals surface area contributed by atoms with E-state index >= 15 is 0 Å². The van der Waals surface area contributed by atoms with Gasteiger partial charge in [0.2, 0.25) is 0 Å². The van der Waals surface area contributed by atoms with Crippen molar-refractivity contribution >= 4 is 23.6 Å². The first-order chi connectivity index (χ1) is 15.2. The van der Waals surface area contributed by atoms with Gasteiger partial charge in [0.1, 0.15) is 12.4 Å². The van der Waals surface area contributed by atoms with Gasteiger partial charge < -0.3 is 19.7 Å². The van der Waals surface area contributed by atoms with Crippen LogP contribution in [0.3, 0.4) is 0 Å². The number of benzene rings is 2. The molecule has 3 heterocycles. The van der Waals surface area contributed by atoms with Crippen molar-refractivity contribution in [3.05, 3.63) is 100 Å². The number of hydrogen-bond donors (Lipinski definition) is 3. The van der Waals surface area contributed by atoms with E-state index in [0.29, 0.717) is 12.2 Å². The van der Waals surface area contributed by atoms with Crippen molar-refractivity contribution in [3.63, 3.8) is 0 Å². The van der Waals surface area contributed by atoms with E-state index in [9.17, 15) is 0 Å². The molecule has 0 aliphatic carbocycles. The van der Waals surface area contributed by atoms with Crippen molar-refractivity contribution in [1.29, 1.82) is 5.26 Å². The molecule has 0 atom stereocenters. The maximum absolute atomic E-state index is 9.16. The Hall–Kier alpha value is -4.43. The summed E-state index contributed by atoms with van der Waals surface area (Å²) in [5.74, 6) is 0.760. The molecule has 0 saturated heterocycles. The predicted molar refractivity (Wildman–Crippen MR) is 123 cm³/mol. The summed E-state index contributed by atoms with van der Waals surface area (Å²) in [5.41, 5.74) is 5.42. The van der Waals surface area contributed by atoms with E-state index in [2.05, 4.69) is 27.6 Å². The SMILES string of the molecule is C=c1ccc(=Cc2[nH]c(-c3cc4cc(C#N)ccc4[nH]3)cc2OCc2ccccc2)[nH]1. The number of rotatable bonds is 5. The largest absolute Gasteiger partial charge is 0.487 e. The van der Waals surface area contributed by atoms with Crippen LogP contribution in [0.2, 0.25) is 0 Å². The van der Waals surface area contributed by atoms with E-state index in [0.717, 1.165) is 50.0 Å². The molecule has 5 heteroatoms. The number of H-pyrrole nitrogens is 3. The summed E-state index contributed by atoms with van der Waals surface area (Å²) < 4.78 is 6.17. The average molecular weight is 404 g/mol. The van der Waals surface area contributed by atoms with Crippen LogP contribution in [-0.2, 0) is 6.61 Å². The molecule has 0 radical (unpaired) electrons. The first-order valence-corrected chi connectivity index (χ1v) is 9.96. The van der Waals surface area contributed by atoms with Gasteiger partial charge in [-0.2, -0.15) is 5.26 Å². The Kier molecular flexibility index (Phi) is 4.66. The van der Waals surface area contributed by atoms with E-state index in [4.69, 9.17) is 10.00 Å². The third kappa shape index (κ3) is 3.87. The summed E-state index contributed by atoms with van der Waals surface area (Å²) in [6, 6.07) is 25.8. The minimum Gasteiger partial charge on any atom is -0.487 e. The molecule has 0 aliphatic rings. The van der Waals surface area contributed by atoms with Gasteiger partial charge in [-0.3, -0.25) is 0 Å². The van der Waals surface area contributed by atoms with Gasteiger partial charge in [-0.25, -0.2) is 0 Å². The molecule has 3 aromatic heterocycles. The highest BCUT2D eigenvalue weighted by Crippen LogP contribution is 2.30. The molecule has 5 rings (SSSR count). The van der Waals surface area contributed by atoms with Gasteiger partial charge in [-0.15, -0.1) is 0 Å². The van der Waals surface area contributed by atoms with Crippen LogP contribution in [0.5, 0.6) is 5.75 Å². The summed E-state index contributed by atoms with van der Waals surface area (Å²) in [6.07, 6.45) is 2.01. The number of hydrogen-bond acceptors (Lipinski definition) is 2.